The van der Waals surface area contributed by atoms with Crippen LogP contribution in [0.3, 0.4) is 0 Å². The van der Waals surface area contributed by atoms with E-state index >= 15 is 0 Å². The van der Waals surface area contributed by atoms with Gasteiger partial charge in [-0.1, -0.05) is 52.0 Å². The number of carboxylic acid groups (broad SMARTS) is 1. The smallest absolute Gasteiger partial charge is 0.307 e. The van der Waals surface area contributed by atoms with Gasteiger partial charge >= 0.3 is 5.97 Å². The maximum absolute atomic E-state index is 11.2. The summed E-state index contributed by atoms with van der Waals surface area (Å²) in [4.78, 5) is 11.2. The summed E-state index contributed by atoms with van der Waals surface area (Å²) >= 11 is 0. The molecule has 0 heterocycles. The highest BCUT2D eigenvalue weighted by Gasteiger charge is 2.21. The van der Waals surface area contributed by atoms with Gasteiger partial charge < -0.3 is 5.11 Å². The Balaban J connectivity index is 2.76. The van der Waals surface area contributed by atoms with Crippen molar-refractivity contribution in [1.29, 1.82) is 0 Å². The zero-order valence-electron chi connectivity index (χ0n) is 11.8. The summed E-state index contributed by atoms with van der Waals surface area (Å²) in [6.45, 7) is 8.32. The van der Waals surface area contributed by atoms with Gasteiger partial charge in [-0.3, -0.25) is 4.79 Å². The number of rotatable bonds is 6. The molecule has 0 saturated heterocycles. The van der Waals surface area contributed by atoms with Crippen LogP contribution in [0.15, 0.2) is 24.3 Å². The van der Waals surface area contributed by atoms with Gasteiger partial charge in [0.2, 0.25) is 0 Å². The van der Waals surface area contributed by atoms with Gasteiger partial charge in [0, 0.05) is 0 Å². The second-order valence-electron chi connectivity index (χ2n) is 5.44. The lowest BCUT2D eigenvalue weighted by atomic mass is 9.88. The minimum Gasteiger partial charge on any atom is -0.481 e. The van der Waals surface area contributed by atoms with Gasteiger partial charge in [-0.05, 0) is 35.8 Å². The molecule has 100 valence electrons. The molecule has 0 amide bonds. The zero-order valence-corrected chi connectivity index (χ0v) is 11.8. The van der Waals surface area contributed by atoms with Crippen LogP contribution < -0.4 is 0 Å². The van der Waals surface area contributed by atoms with Crippen LogP contribution in [0.1, 0.15) is 51.2 Å². The van der Waals surface area contributed by atoms with Crippen LogP contribution in [0.5, 0.6) is 0 Å². The summed E-state index contributed by atoms with van der Waals surface area (Å²) in [5.41, 5.74) is 2.45. The fourth-order valence-electron chi connectivity index (χ4n) is 2.08. The Morgan fingerprint density at radius 2 is 1.72 bits per heavy atom. The molecular formula is C16H24O2. The molecule has 0 aliphatic rings. The molecule has 1 rings (SSSR count). The van der Waals surface area contributed by atoms with E-state index in [0.29, 0.717) is 12.3 Å². The van der Waals surface area contributed by atoms with E-state index in [0.717, 1.165) is 12.0 Å². The molecule has 18 heavy (non-hydrogen) atoms. The lowest BCUT2D eigenvalue weighted by Gasteiger charge is -2.16. The van der Waals surface area contributed by atoms with Gasteiger partial charge in [-0.2, -0.15) is 0 Å². The molecule has 2 heteroatoms. The van der Waals surface area contributed by atoms with Crippen molar-refractivity contribution in [2.24, 2.45) is 11.8 Å². The van der Waals surface area contributed by atoms with Gasteiger partial charge in [0.05, 0.1) is 5.92 Å². The third-order valence-electron chi connectivity index (χ3n) is 3.74. The van der Waals surface area contributed by atoms with Gasteiger partial charge in [0.25, 0.3) is 0 Å². The molecule has 0 fully saturated rings. The summed E-state index contributed by atoms with van der Waals surface area (Å²) in [5.74, 6) is -0.258. The van der Waals surface area contributed by atoms with Crippen molar-refractivity contribution in [1.82, 2.24) is 0 Å². The highest BCUT2D eigenvalue weighted by molar-refractivity contribution is 5.70. The lowest BCUT2D eigenvalue weighted by Crippen LogP contribution is -2.22. The Labute approximate surface area is 110 Å². The Morgan fingerprint density at radius 3 is 2.11 bits per heavy atom. The molecule has 1 aromatic rings. The van der Waals surface area contributed by atoms with E-state index in [1.807, 2.05) is 13.8 Å². The number of benzene rings is 1. The van der Waals surface area contributed by atoms with Crippen LogP contribution >= 0.6 is 0 Å². The van der Waals surface area contributed by atoms with Crippen LogP contribution in [0, 0.1) is 11.8 Å². The third kappa shape index (κ3) is 3.86. The summed E-state index contributed by atoms with van der Waals surface area (Å²) < 4.78 is 0. The van der Waals surface area contributed by atoms with Crippen molar-refractivity contribution >= 4 is 5.97 Å². The van der Waals surface area contributed by atoms with Crippen molar-refractivity contribution < 1.29 is 9.90 Å². The van der Waals surface area contributed by atoms with Gasteiger partial charge in [0.1, 0.15) is 0 Å². The maximum Gasteiger partial charge on any atom is 0.307 e. The summed E-state index contributed by atoms with van der Waals surface area (Å²) in [6.07, 6.45) is 1.75. The molecular weight excluding hydrogens is 224 g/mol. The van der Waals surface area contributed by atoms with Gasteiger partial charge in [0.15, 0.2) is 0 Å². The monoisotopic (exact) mass is 248 g/mol. The van der Waals surface area contributed by atoms with Gasteiger partial charge in [-0.15, -0.1) is 0 Å². The maximum atomic E-state index is 11.2. The predicted molar refractivity (Wildman–Crippen MR) is 74.8 cm³/mol. The molecule has 0 aliphatic carbocycles. The minimum atomic E-state index is -0.698. The van der Waals surface area contributed by atoms with Crippen LogP contribution in [0.4, 0.5) is 0 Å². The second kappa shape index (κ2) is 6.58. The average Bonchev–Trinajstić information content (AvgIpc) is 2.35. The topological polar surface area (TPSA) is 37.3 Å². The minimum absolute atomic E-state index is 0.164. The number of hydrogen-bond acceptors (Lipinski definition) is 1. The van der Waals surface area contributed by atoms with Crippen molar-refractivity contribution in [3.8, 4) is 0 Å². The quantitative estimate of drug-likeness (QED) is 0.823. The highest BCUT2D eigenvalue weighted by Crippen LogP contribution is 2.22. The van der Waals surface area contributed by atoms with E-state index in [-0.39, 0.29) is 11.8 Å². The number of carbonyl (C=O) groups is 1. The van der Waals surface area contributed by atoms with Crippen LogP contribution in [-0.2, 0) is 11.2 Å². The van der Waals surface area contributed by atoms with Crippen LogP contribution in [-0.4, -0.2) is 11.1 Å². The lowest BCUT2D eigenvalue weighted by molar-refractivity contribution is -0.143. The van der Waals surface area contributed by atoms with E-state index in [2.05, 4.69) is 38.1 Å². The van der Waals surface area contributed by atoms with E-state index < -0.39 is 5.97 Å². The molecule has 0 radical (unpaired) electrons. The molecule has 1 N–H and O–H groups in total. The Morgan fingerprint density at radius 1 is 1.17 bits per heavy atom. The van der Waals surface area contributed by atoms with E-state index in [1.165, 1.54) is 5.56 Å². The molecule has 2 nitrogen and oxygen atoms in total. The number of aliphatic carboxylic acids is 1. The highest BCUT2D eigenvalue weighted by atomic mass is 16.4. The first-order valence-corrected chi connectivity index (χ1v) is 6.77. The van der Waals surface area contributed by atoms with E-state index in [1.54, 1.807) is 0 Å². The Bertz CT molecular complexity index is 379. The van der Waals surface area contributed by atoms with Crippen LogP contribution in [0.25, 0.3) is 0 Å². The Kier molecular flexibility index (Phi) is 5.39. The summed E-state index contributed by atoms with van der Waals surface area (Å²) in [6, 6.07) is 8.39. The fourth-order valence-corrected chi connectivity index (χ4v) is 2.08. The molecule has 0 aliphatic heterocycles. The Hall–Kier alpha value is -1.31. The molecule has 1 aromatic carbocycles. The molecule has 0 aromatic heterocycles. The molecule has 0 saturated carbocycles. The van der Waals surface area contributed by atoms with Crippen molar-refractivity contribution in [2.45, 2.75) is 46.5 Å². The number of hydrogen-bond donors (Lipinski definition) is 1. The van der Waals surface area contributed by atoms with E-state index in [9.17, 15) is 9.90 Å². The predicted octanol–water partition coefficient (Wildman–Crippen LogP) is 4.10. The van der Waals surface area contributed by atoms with Crippen molar-refractivity contribution in [3.05, 3.63) is 35.4 Å². The normalized spacial score (nSPS) is 14.5. The van der Waals surface area contributed by atoms with Crippen molar-refractivity contribution in [2.75, 3.05) is 0 Å². The number of carboxylic acids is 1. The fraction of sp³-hybridized carbons (Fsp3) is 0.562. The summed E-state index contributed by atoms with van der Waals surface area (Å²) in [5, 5.41) is 9.19. The zero-order chi connectivity index (χ0) is 13.7. The first-order valence-electron chi connectivity index (χ1n) is 6.77. The average molecular weight is 248 g/mol. The van der Waals surface area contributed by atoms with Crippen LogP contribution in [0.2, 0.25) is 0 Å². The summed E-state index contributed by atoms with van der Waals surface area (Å²) in [7, 11) is 0. The van der Waals surface area contributed by atoms with E-state index in [4.69, 9.17) is 0 Å². The largest absolute Gasteiger partial charge is 0.481 e. The van der Waals surface area contributed by atoms with Crippen molar-refractivity contribution in [3.63, 3.8) is 0 Å². The molecule has 2 atom stereocenters. The standard InChI is InChI=1S/C16H24O2/c1-5-12(4)14-8-6-13(7-9-14)10-15(11(2)3)16(17)18/h6-9,11-12,15H,5,10H2,1-4H3,(H,17,18). The molecule has 2 unspecified atom stereocenters. The third-order valence-corrected chi connectivity index (χ3v) is 3.74. The van der Waals surface area contributed by atoms with Gasteiger partial charge in [-0.25, -0.2) is 0 Å². The molecule has 0 bridgehead atoms. The molecule has 0 spiro atoms. The first kappa shape index (κ1) is 14.7. The second-order valence-corrected chi connectivity index (χ2v) is 5.44. The first-order chi connectivity index (χ1) is 8.45. The SMILES string of the molecule is CCC(C)c1ccc(CC(C(=O)O)C(C)C)cc1.